The first kappa shape index (κ1) is 31.9. The number of nitrogens with two attached hydrogens (primary N) is 1. The molecule has 2 heterocycles. The lowest BCUT2D eigenvalue weighted by molar-refractivity contribution is -0.384. The van der Waals surface area contributed by atoms with Crippen LogP contribution in [0.15, 0.2) is 108 Å². The van der Waals surface area contributed by atoms with Crippen LogP contribution >= 0.6 is 0 Å². The van der Waals surface area contributed by atoms with Gasteiger partial charge in [-0.15, -0.1) is 0 Å². The number of carbonyl (C=O) groups is 2. The van der Waals surface area contributed by atoms with Crippen LogP contribution in [0.3, 0.4) is 0 Å². The van der Waals surface area contributed by atoms with Gasteiger partial charge in [0, 0.05) is 30.9 Å². The van der Waals surface area contributed by atoms with E-state index in [1.807, 2.05) is 36.4 Å². The highest BCUT2D eigenvalue weighted by Crippen LogP contribution is 2.40. The molecule has 2 aliphatic heterocycles. The van der Waals surface area contributed by atoms with Crippen molar-refractivity contribution in [2.45, 2.75) is 44.9 Å². The van der Waals surface area contributed by atoms with Gasteiger partial charge in [-0.2, -0.15) is 0 Å². The molecule has 5 N–H and O–H groups in total. The first-order chi connectivity index (χ1) is 20.6. The Morgan fingerprint density at radius 1 is 0.932 bits per heavy atom. The van der Waals surface area contributed by atoms with Gasteiger partial charge in [0.15, 0.2) is 0 Å². The molecule has 1 fully saturated rings. The van der Waals surface area contributed by atoms with Crippen LogP contribution in [0.2, 0.25) is 0 Å². The van der Waals surface area contributed by atoms with Gasteiger partial charge in [-0.1, -0.05) is 72.8 Å². The Morgan fingerprint density at radius 2 is 1.52 bits per heavy atom. The highest BCUT2D eigenvalue weighted by Gasteiger charge is 2.42. The van der Waals surface area contributed by atoms with Crippen LogP contribution in [0.1, 0.15) is 49.4 Å². The molecule has 0 saturated carbocycles. The highest BCUT2D eigenvalue weighted by molar-refractivity contribution is 6.00. The second-order valence-corrected chi connectivity index (χ2v) is 10.9. The fourth-order valence-corrected chi connectivity index (χ4v) is 5.64. The molecule has 3 aromatic rings. The van der Waals surface area contributed by atoms with E-state index in [0.717, 1.165) is 11.1 Å². The summed E-state index contributed by atoms with van der Waals surface area (Å²) in [6.07, 6.45) is -0.855. The van der Waals surface area contributed by atoms with E-state index < -0.39 is 35.0 Å². The third-order valence-electron chi connectivity index (χ3n) is 7.54. The van der Waals surface area contributed by atoms with Crippen LogP contribution in [0, 0.1) is 10.1 Å². The third kappa shape index (κ3) is 6.64. The molecule has 0 amide bonds. The lowest BCUT2D eigenvalue weighted by Gasteiger charge is -2.44. The summed E-state index contributed by atoms with van der Waals surface area (Å²) in [5.41, 5.74) is 9.31. The van der Waals surface area contributed by atoms with E-state index >= 15 is 0 Å². The Labute approximate surface area is 255 Å². The van der Waals surface area contributed by atoms with E-state index in [0.29, 0.717) is 24.4 Å². The molecule has 11 nitrogen and oxygen atoms in total. The molecule has 5 rings (SSSR count). The number of likely N-dealkylation sites (tertiary alicyclic amines) is 1. The van der Waals surface area contributed by atoms with Gasteiger partial charge in [-0.05, 0) is 37.5 Å². The van der Waals surface area contributed by atoms with Gasteiger partial charge in [-0.3, -0.25) is 15.0 Å². The predicted octanol–water partition coefficient (Wildman–Crippen LogP) is 3.87. The summed E-state index contributed by atoms with van der Waals surface area (Å²) in [4.78, 5) is 40.4. The van der Waals surface area contributed by atoms with Crippen LogP contribution < -0.4 is 11.1 Å². The normalized spacial score (nSPS) is 17.1. The molecule has 1 saturated heterocycles. The molecule has 0 aromatic heterocycles. The van der Waals surface area contributed by atoms with Crippen molar-refractivity contribution in [3.63, 3.8) is 0 Å². The van der Waals surface area contributed by atoms with Crippen LogP contribution in [0.4, 0.5) is 5.69 Å². The second kappa shape index (κ2) is 13.5. The molecule has 230 valence electrons. The minimum atomic E-state index is -1.03. The zero-order chi connectivity index (χ0) is 30.7. The van der Waals surface area contributed by atoms with Gasteiger partial charge in [0.05, 0.1) is 34.1 Å². The van der Waals surface area contributed by atoms with E-state index in [1.54, 1.807) is 26.8 Å². The molecular formula is C33H36N4O7. The predicted molar refractivity (Wildman–Crippen MR) is 164 cm³/mol. The largest absolute Gasteiger partial charge is 0.460 e. The Kier molecular flexibility index (Phi) is 9.82. The minimum absolute atomic E-state index is 0. The van der Waals surface area contributed by atoms with Crippen molar-refractivity contribution in [1.82, 2.24) is 10.2 Å². The molecule has 2 aliphatic rings. The monoisotopic (exact) mass is 600 g/mol. The number of allylic oxidation sites excluding steroid dienone is 1. The topological polar surface area (TPSA) is 169 Å². The maximum Gasteiger partial charge on any atom is 0.339 e. The first-order valence-electron chi connectivity index (χ1n) is 14.1. The third-order valence-corrected chi connectivity index (χ3v) is 7.54. The molecule has 0 aliphatic carbocycles. The lowest BCUT2D eigenvalue weighted by atomic mass is 9.81. The van der Waals surface area contributed by atoms with Crippen LogP contribution in [-0.4, -0.2) is 52.5 Å². The molecule has 0 radical (unpaired) electrons. The number of nitro benzene ring substituents is 1. The number of rotatable bonds is 9. The lowest BCUT2D eigenvalue weighted by Crippen LogP contribution is -2.54. The fraction of sp³-hybridized carbons (Fsp3) is 0.273. The average Bonchev–Trinajstić information content (AvgIpc) is 2.96. The van der Waals surface area contributed by atoms with Gasteiger partial charge in [0.2, 0.25) is 0 Å². The SMILES string of the molecule is CC1=C(C(=O)OC(C)C)C(c2cccc([N+](=O)[O-])c2)C(C(=O)OC2CN(C(c3ccccc3)c3ccccc3)C2)=C(N)N1.O. The van der Waals surface area contributed by atoms with Crippen molar-refractivity contribution in [3.8, 4) is 0 Å². The zero-order valence-corrected chi connectivity index (χ0v) is 24.7. The summed E-state index contributed by atoms with van der Waals surface area (Å²) < 4.78 is 11.5. The Balaban J connectivity index is 0.00000442. The summed E-state index contributed by atoms with van der Waals surface area (Å²) in [7, 11) is 0. The van der Waals surface area contributed by atoms with Crippen LogP contribution in [0.5, 0.6) is 0 Å². The number of nitro groups is 1. The fourth-order valence-electron chi connectivity index (χ4n) is 5.64. The van der Waals surface area contributed by atoms with Gasteiger partial charge < -0.3 is 26.0 Å². The standard InChI is InChI=1S/C33H34N4O6.H2O/c1-20(2)42-32(38)27-21(3)35-31(34)29(28(27)24-15-10-16-25(17-24)37(40)41)33(39)43-26-18-36(19-26)30(22-11-6-4-7-12-22)23-13-8-5-9-14-23;/h4-17,20,26,28,30,35H,18-19,34H2,1-3H3;1H2. The molecule has 11 heteroatoms. The minimum Gasteiger partial charge on any atom is -0.460 e. The zero-order valence-electron chi connectivity index (χ0n) is 24.7. The number of dihydropyridines is 1. The molecule has 44 heavy (non-hydrogen) atoms. The molecule has 3 aromatic carbocycles. The Bertz CT molecular complexity index is 1540. The summed E-state index contributed by atoms with van der Waals surface area (Å²) in [5, 5.41) is 14.5. The number of hydrogen-bond acceptors (Lipinski definition) is 9. The Morgan fingerprint density at radius 3 is 2.07 bits per heavy atom. The summed E-state index contributed by atoms with van der Waals surface area (Å²) in [6, 6.07) is 26.0. The molecule has 0 bridgehead atoms. The first-order valence-corrected chi connectivity index (χ1v) is 14.1. The summed E-state index contributed by atoms with van der Waals surface area (Å²) in [5.74, 6) is -2.37. The maximum absolute atomic E-state index is 13.8. The van der Waals surface area contributed by atoms with Gasteiger partial charge in [0.25, 0.3) is 5.69 Å². The number of benzene rings is 3. The van der Waals surface area contributed by atoms with Gasteiger partial charge >= 0.3 is 11.9 Å². The van der Waals surface area contributed by atoms with Gasteiger partial charge in [0.1, 0.15) is 11.9 Å². The number of carbonyl (C=O) groups excluding carboxylic acids is 2. The average molecular weight is 601 g/mol. The molecule has 1 unspecified atom stereocenters. The molecule has 0 spiro atoms. The number of nitrogens with one attached hydrogen (secondary N) is 1. The number of esters is 2. The number of ether oxygens (including phenoxy) is 2. The van der Waals surface area contributed by atoms with Crippen molar-refractivity contribution < 1.29 is 29.5 Å². The smallest absolute Gasteiger partial charge is 0.339 e. The Hall–Kier alpha value is -5.00. The maximum atomic E-state index is 13.8. The summed E-state index contributed by atoms with van der Waals surface area (Å²) >= 11 is 0. The molecular weight excluding hydrogens is 564 g/mol. The van der Waals surface area contributed by atoms with E-state index in [-0.39, 0.29) is 34.2 Å². The van der Waals surface area contributed by atoms with E-state index in [1.165, 1.54) is 18.2 Å². The highest BCUT2D eigenvalue weighted by atomic mass is 16.6. The van der Waals surface area contributed by atoms with Crippen molar-refractivity contribution in [3.05, 3.63) is 134 Å². The van der Waals surface area contributed by atoms with E-state index in [9.17, 15) is 19.7 Å². The quantitative estimate of drug-likeness (QED) is 0.210. The van der Waals surface area contributed by atoms with Crippen LogP contribution in [-0.2, 0) is 19.1 Å². The summed E-state index contributed by atoms with van der Waals surface area (Å²) in [6.45, 7) is 6.05. The van der Waals surface area contributed by atoms with Crippen LogP contribution in [0.25, 0.3) is 0 Å². The number of non-ortho nitro benzene ring substituents is 1. The van der Waals surface area contributed by atoms with Crippen molar-refractivity contribution in [2.75, 3.05) is 13.1 Å². The number of hydrogen-bond donors (Lipinski definition) is 2. The van der Waals surface area contributed by atoms with E-state index in [2.05, 4.69) is 34.5 Å². The van der Waals surface area contributed by atoms with Gasteiger partial charge in [-0.25, -0.2) is 9.59 Å². The molecule has 1 atom stereocenters. The second-order valence-electron chi connectivity index (χ2n) is 10.9. The number of nitrogens with zero attached hydrogens (tertiary/aromatic N) is 2. The van der Waals surface area contributed by atoms with Crippen molar-refractivity contribution >= 4 is 17.6 Å². The van der Waals surface area contributed by atoms with Crippen molar-refractivity contribution in [2.24, 2.45) is 5.73 Å². The van der Waals surface area contributed by atoms with Crippen molar-refractivity contribution in [1.29, 1.82) is 0 Å². The van der Waals surface area contributed by atoms with E-state index in [4.69, 9.17) is 15.2 Å².